The third-order valence-electron chi connectivity index (χ3n) is 0.966. The van der Waals surface area contributed by atoms with Gasteiger partial charge in [0, 0.05) is 13.8 Å². The number of carbonyl (C=O) groups is 4. The van der Waals surface area contributed by atoms with Gasteiger partial charge in [-0.2, -0.15) is 0 Å². The van der Waals surface area contributed by atoms with Crippen molar-refractivity contribution in [3.05, 3.63) is 0 Å². The lowest BCUT2D eigenvalue weighted by Gasteiger charge is -1.89. The van der Waals surface area contributed by atoms with Gasteiger partial charge in [0.05, 0.1) is 27.4 Å². The van der Waals surface area contributed by atoms with Crippen LogP contribution in [0.2, 0.25) is 0 Å². The van der Waals surface area contributed by atoms with E-state index in [9.17, 15) is 14.4 Å². The van der Waals surface area contributed by atoms with Crippen molar-refractivity contribution < 1.29 is 38.1 Å². The number of esters is 2. The molecular weight excluding hydrogens is 272 g/mol. The average Bonchev–Trinajstić information content (AvgIpc) is 2.41. The molecule has 0 N–H and O–H groups in total. The third kappa shape index (κ3) is 102. The molecular formula is C12H24O8. The first-order valence-electron chi connectivity index (χ1n) is 5.57. The van der Waals surface area contributed by atoms with E-state index in [0.717, 1.165) is 0 Å². The van der Waals surface area contributed by atoms with Crippen molar-refractivity contribution in [2.75, 3.05) is 27.4 Å². The summed E-state index contributed by atoms with van der Waals surface area (Å²) in [6.45, 7) is 8.05. The quantitative estimate of drug-likeness (QED) is 0.424. The Bertz CT molecular complexity index is 227. The van der Waals surface area contributed by atoms with Gasteiger partial charge in [-0.15, -0.1) is 0 Å². The molecule has 0 amide bonds. The predicted octanol–water partition coefficient (Wildman–Crippen LogP) is 0.717. The maximum atomic E-state index is 9.82. The second-order valence-corrected chi connectivity index (χ2v) is 2.50. The summed E-state index contributed by atoms with van der Waals surface area (Å²) in [5, 5.41) is 0. The fourth-order valence-electron chi connectivity index (χ4n) is 0.271. The van der Waals surface area contributed by atoms with Crippen LogP contribution in [0.1, 0.15) is 27.7 Å². The summed E-state index contributed by atoms with van der Waals surface area (Å²) in [6, 6.07) is 0. The van der Waals surface area contributed by atoms with Crippen molar-refractivity contribution in [3.63, 3.8) is 0 Å². The molecule has 0 heterocycles. The van der Waals surface area contributed by atoms with E-state index in [1.54, 1.807) is 13.8 Å². The first-order chi connectivity index (χ1) is 9.37. The number of carbonyl (C=O) groups excluding carboxylic acids is 4. The van der Waals surface area contributed by atoms with Crippen LogP contribution in [0.25, 0.3) is 0 Å². The normalized spacial score (nSPS) is 6.70. The van der Waals surface area contributed by atoms with E-state index >= 15 is 0 Å². The molecule has 20 heavy (non-hydrogen) atoms. The summed E-state index contributed by atoms with van der Waals surface area (Å²) in [4.78, 5) is 37.5. The fourth-order valence-corrected chi connectivity index (χ4v) is 0.271. The Hall–Kier alpha value is -2.12. The molecule has 0 saturated heterocycles. The number of ether oxygens (including phenoxy) is 4. The molecule has 8 nitrogen and oxygen atoms in total. The summed E-state index contributed by atoms with van der Waals surface area (Å²) in [7, 11) is 2.66. The van der Waals surface area contributed by atoms with Crippen molar-refractivity contribution in [1.82, 2.24) is 0 Å². The van der Waals surface area contributed by atoms with Gasteiger partial charge in [0.2, 0.25) is 0 Å². The lowest BCUT2D eigenvalue weighted by molar-refractivity contribution is -0.140. The van der Waals surface area contributed by atoms with Crippen LogP contribution in [0.4, 0.5) is 0 Å². The Kier molecular flexibility index (Phi) is 39.9. The zero-order valence-electron chi connectivity index (χ0n) is 12.8. The molecule has 0 aromatic rings. The molecule has 120 valence electrons. The summed E-state index contributed by atoms with van der Waals surface area (Å²) in [5.41, 5.74) is 0. The van der Waals surface area contributed by atoms with E-state index in [4.69, 9.17) is 4.79 Å². The molecule has 0 radical (unpaired) electrons. The molecule has 0 aliphatic carbocycles. The van der Waals surface area contributed by atoms with Crippen molar-refractivity contribution in [2.45, 2.75) is 27.7 Å². The minimum Gasteiger partial charge on any atom is -0.471 e. The van der Waals surface area contributed by atoms with Crippen LogP contribution in [-0.4, -0.2) is 52.3 Å². The monoisotopic (exact) mass is 296 g/mol. The van der Waals surface area contributed by atoms with Crippen molar-refractivity contribution in [1.29, 1.82) is 0 Å². The van der Waals surface area contributed by atoms with Crippen LogP contribution in [0.5, 0.6) is 0 Å². The molecule has 0 aliphatic heterocycles. The average molecular weight is 296 g/mol. The van der Waals surface area contributed by atoms with Crippen molar-refractivity contribution in [2.24, 2.45) is 0 Å². The van der Waals surface area contributed by atoms with Gasteiger partial charge in [-0.3, -0.25) is 19.2 Å². The zero-order valence-corrected chi connectivity index (χ0v) is 12.8. The zero-order chi connectivity index (χ0) is 16.8. The first-order valence-corrected chi connectivity index (χ1v) is 5.57. The van der Waals surface area contributed by atoms with E-state index in [-0.39, 0.29) is 11.9 Å². The molecule has 0 fully saturated rings. The highest BCUT2D eigenvalue weighted by Crippen LogP contribution is 1.69. The van der Waals surface area contributed by atoms with Gasteiger partial charge in [-0.05, 0) is 13.8 Å². The van der Waals surface area contributed by atoms with Crippen molar-refractivity contribution in [3.8, 4) is 0 Å². The standard InChI is InChI=1S/C4H8O2.2C3H6O2.C2H4O2/c1-3-6-4(2)5;1-3(4)5-2;1-2-5-3-4;1-4-2-3/h3H2,1-2H3;1-2H3;3H,2H2,1H3;2H,1H3. The Morgan fingerprint density at radius 1 is 0.900 bits per heavy atom. The molecule has 0 atom stereocenters. The predicted molar refractivity (Wildman–Crippen MR) is 70.8 cm³/mol. The number of rotatable bonds is 4. The van der Waals surface area contributed by atoms with E-state index in [1.807, 2.05) is 0 Å². The van der Waals surface area contributed by atoms with Gasteiger partial charge >= 0.3 is 11.9 Å². The fraction of sp³-hybridized carbons (Fsp3) is 0.667. The topological polar surface area (TPSA) is 105 Å². The van der Waals surface area contributed by atoms with Crippen LogP contribution in [-0.2, 0) is 38.1 Å². The summed E-state index contributed by atoms with van der Waals surface area (Å²) in [5.74, 6) is -0.456. The molecule has 0 spiro atoms. The molecule has 0 bridgehead atoms. The van der Waals surface area contributed by atoms with Crippen LogP contribution >= 0.6 is 0 Å². The maximum absolute atomic E-state index is 9.82. The molecule has 0 rings (SSSR count). The van der Waals surface area contributed by atoms with E-state index in [0.29, 0.717) is 26.2 Å². The first kappa shape index (κ1) is 26.4. The minimum atomic E-state index is -0.245. The van der Waals surface area contributed by atoms with Crippen LogP contribution in [0, 0.1) is 0 Å². The summed E-state index contributed by atoms with van der Waals surface area (Å²) < 4.78 is 16.5. The van der Waals surface area contributed by atoms with E-state index in [1.165, 1.54) is 28.1 Å². The van der Waals surface area contributed by atoms with Crippen molar-refractivity contribution >= 4 is 24.9 Å². The van der Waals surface area contributed by atoms with E-state index in [2.05, 4.69) is 18.9 Å². The summed E-state index contributed by atoms with van der Waals surface area (Å²) in [6.07, 6.45) is 0. The molecule has 0 aromatic heterocycles. The third-order valence-corrected chi connectivity index (χ3v) is 0.966. The van der Waals surface area contributed by atoms with Gasteiger partial charge in [0.25, 0.3) is 12.9 Å². The number of methoxy groups -OCH3 is 2. The Labute approximate surface area is 119 Å². The molecule has 8 heteroatoms. The highest BCUT2D eigenvalue weighted by Gasteiger charge is 1.81. The van der Waals surface area contributed by atoms with Gasteiger partial charge < -0.3 is 18.9 Å². The SMILES string of the molecule is CCOC(C)=O.CCOC=O.COC(C)=O.COC=O. The van der Waals surface area contributed by atoms with E-state index < -0.39 is 0 Å². The molecule has 0 unspecified atom stereocenters. The van der Waals surface area contributed by atoms with Crippen LogP contribution in [0.15, 0.2) is 0 Å². The minimum absolute atomic E-state index is 0.211. The highest BCUT2D eigenvalue weighted by atomic mass is 16.5. The lowest BCUT2D eigenvalue weighted by Crippen LogP contribution is -1.95. The molecule has 0 saturated carbocycles. The molecule has 0 aliphatic rings. The Morgan fingerprint density at radius 3 is 1.30 bits per heavy atom. The van der Waals surface area contributed by atoms with Crippen LogP contribution < -0.4 is 0 Å². The Balaban J connectivity index is -0.0000000862. The Morgan fingerprint density at radius 2 is 1.30 bits per heavy atom. The largest absolute Gasteiger partial charge is 0.471 e. The number of hydrogen-bond donors (Lipinski definition) is 0. The second-order valence-electron chi connectivity index (χ2n) is 2.50. The van der Waals surface area contributed by atoms with Gasteiger partial charge in [0.1, 0.15) is 0 Å². The smallest absolute Gasteiger partial charge is 0.302 e. The highest BCUT2D eigenvalue weighted by molar-refractivity contribution is 5.65. The van der Waals surface area contributed by atoms with Gasteiger partial charge in [-0.1, -0.05) is 0 Å². The lowest BCUT2D eigenvalue weighted by atomic mass is 10.8. The van der Waals surface area contributed by atoms with Crippen LogP contribution in [0.3, 0.4) is 0 Å². The maximum Gasteiger partial charge on any atom is 0.302 e. The van der Waals surface area contributed by atoms with Gasteiger partial charge in [-0.25, -0.2) is 0 Å². The van der Waals surface area contributed by atoms with Gasteiger partial charge in [0.15, 0.2) is 0 Å². The molecule has 0 aromatic carbocycles. The summed E-state index contributed by atoms with van der Waals surface area (Å²) >= 11 is 0. The number of hydrogen-bond acceptors (Lipinski definition) is 8. The second kappa shape index (κ2) is 30.2.